The lowest BCUT2D eigenvalue weighted by atomic mass is 9.91. The summed E-state index contributed by atoms with van der Waals surface area (Å²) < 4.78 is 10.4. The van der Waals surface area contributed by atoms with Crippen molar-refractivity contribution in [1.29, 1.82) is 0 Å². The molecule has 3 unspecified atom stereocenters. The maximum atomic E-state index is 11.7. The lowest BCUT2D eigenvalue weighted by molar-refractivity contribution is -0.138. The normalized spacial score (nSPS) is 25.8. The van der Waals surface area contributed by atoms with E-state index in [4.69, 9.17) is 9.47 Å². The molecule has 0 spiro atoms. The average molecular weight is 298 g/mol. The maximum absolute atomic E-state index is 11.7. The van der Waals surface area contributed by atoms with E-state index >= 15 is 0 Å². The molecule has 3 rings (SSSR count). The zero-order chi connectivity index (χ0) is 15.4. The third kappa shape index (κ3) is 3.59. The van der Waals surface area contributed by atoms with Gasteiger partial charge >= 0.3 is 5.97 Å². The largest absolute Gasteiger partial charge is 0.497 e. The van der Waals surface area contributed by atoms with E-state index in [0.717, 1.165) is 29.6 Å². The summed E-state index contributed by atoms with van der Waals surface area (Å²) in [6, 6.07) is 7.55. The summed E-state index contributed by atoms with van der Waals surface area (Å²) in [6.07, 6.45) is 11.5. The lowest BCUT2D eigenvalue weighted by Gasteiger charge is -2.17. The van der Waals surface area contributed by atoms with Crippen molar-refractivity contribution in [1.82, 2.24) is 0 Å². The van der Waals surface area contributed by atoms with Crippen molar-refractivity contribution in [2.24, 2.45) is 17.8 Å². The minimum Gasteiger partial charge on any atom is -0.497 e. The molecule has 2 bridgehead atoms. The fourth-order valence-corrected chi connectivity index (χ4v) is 3.46. The molecule has 0 amide bonds. The summed E-state index contributed by atoms with van der Waals surface area (Å²) in [5.41, 5.74) is 0.955. The molecule has 0 aromatic heterocycles. The molecule has 1 aromatic carbocycles. The molecule has 22 heavy (non-hydrogen) atoms. The summed E-state index contributed by atoms with van der Waals surface area (Å²) in [5, 5.41) is 0. The quantitative estimate of drug-likeness (QED) is 0.454. The average Bonchev–Trinajstić information content (AvgIpc) is 3.16. The Morgan fingerprint density at radius 3 is 2.68 bits per heavy atom. The molecule has 1 saturated carbocycles. The summed E-state index contributed by atoms with van der Waals surface area (Å²) in [4.78, 5) is 11.7. The zero-order valence-electron chi connectivity index (χ0n) is 12.9. The van der Waals surface area contributed by atoms with Crippen LogP contribution in [0.25, 0.3) is 6.08 Å². The van der Waals surface area contributed by atoms with E-state index in [1.807, 2.05) is 24.3 Å². The molecule has 0 aliphatic heterocycles. The molecule has 2 aliphatic rings. The highest BCUT2D eigenvalue weighted by atomic mass is 16.5. The first-order chi connectivity index (χ1) is 10.7. The van der Waals surface area contributed by atoms with Gasteiger partial charge in [-0.3, -0.25) is 0 Å². The van der Waals surface area contributed by atoms with E-state index in [-0.39, 0.29) is 5.97 Å². The van der Waals surface area contributed by atoms with Gasteiger partial charge in [-0.15, -0.1) is 0 Å². The van der Waals surface area contributed by atoms with E-state index in [2.05, 4.69) is 12.2 Å². The third-order valence-corrected chi connectivity index (χ3v) is 4.68. The van der Waals surface area contributed by atoms with Gasteiger partial charge in [-0.2, -0.15) is 0 Å². The topological polar surface area (TPSA) is 35.5 Å². The van der Waals surface area contributed by atoms with Crippen molar-refractivity contribution in [3.63, 3.8) is 0 Å². The van der Waals surface area contributed by atoms with Crippen LogP contribution in [0.5, 0.6) is 5.75 Å². The van der Waals surface area contributed by atoms with E-state index in [9.17, 15) is 4.79 Å². The number of rotatable bonds is 6. The monoisotopic (exact) mass is 298 g/mol. The van der Waals surface area contributed by atoms with Crippen LogP contribution in [-0.2, 0) is 9.53 Å². The molecule has 0 N–H and O–H groups in total. The predicted molar refractivity (Wildman–Crippen MR) is 86.4 cm³/mol. The number of hydrogen-bond donors (Lipinski definition) is 0. The molecule has 3 nitrogen and oxygen atoms in total. The first kappa shape index (κ1) is 14.9. The van der Waals surface area contributed by atoms with Crippen LogP contribution < -0.4 is 4.74 Å². The van der Waals surface area contributed by atoms with Gasteiger partial charge in [0.25, 0.3) is 0 Å². The Balaban J connectivity index is 1.40. The van der Waals surface area contributed by atoms with Crippen LogP contribution in [-0.4, -0.2) is 19.7 Å². The molecule has 3 heteroatoms. The standard InChI is InChI=1S/C19H22O3/c1-21-18-7-3-14(4-8-18)5-9-19(20)22-11-10-17-13-15-2-6-16(17)12-15/h2-9,15-17H,10-13H2,1H3. The summed E-state index contributed by atoms with van der Waals surface area (Å²) in [6.45, 7) is 0.521. The number of allylic oxidation sites excluding steroid dienone is 2. The Bertz CT molecular complexity index is 571. The van der Waals surface area contributed by atoms with Crippen molar-refractivity contribution in [2.75, 3.05) is 13.7 Å². The first-order valence-corrected chi connectivity index (χ1v) is 7.92. The highest BCUT2D eigenvalue weighted by Gasteiger charge is 2.35. The maximum Gasteiger partial charge on any atom is 0.330 e. The van der Waals surface area contributed by atoms with Crippen molar-refractivity contribution in [3.05, 3.63) is 48.1 Å². The van der Waals surface area contributed by atoms with Gasteiger partial charge < -0.3 is 9.47 Å². The first-order valence-electron chi connectivity index (χ1n) is 7.92. The van der Waals surface area contributed by atoms with Gasteiger partial charge in [-0.05, 0) is 60.8 Å². The van der Waals surface area contributed by atoms with Gasteiger partial charge in [-0.25, -0.2) is 4.79 Å². The van der Waals surface area contributed by atoms with Crippen molar-refractivity contribution < 1.29 is 14.3 Å². The summed E-state index contributed by atoms with van der Waals surface area (Å²) in [5.74, 6) is 2.74. The molecule has 1 aromatic rings. The van der Waals surface area contributed by atoms with Gasteiger partial charge in [0.05, 0.1) is 13.7 Å². The number of benzene rings is 1. The molecular formula is C19H22O3. The minimum atomic E-state index is -0.269. The number of esters is 1. The summed E-state index contributed by atoms with van der Waals surface area (Å²) in [7, 11) is 1.63. The fourth-order valence-electron chi connectivity index (χ4n) is 3.46. The van der Waals surface area contributed by atoms with Gasteiger partial charge in [0.15, 0.2) is 0 Å². The van der Waals surface area contributed by atoms with Crippen LogP contribution in [0.1, 0.15) is 24.8 Å². The molecule has 3 atom stereocenters. The van der Waals surface area contributed by atoms with Crippen LogP contribution in [0.4, 0.5) is 0 Å². The molecule has 1 fully saturated rings. The number of carbonyl (C=O) groups is 1. The molecule has 0 saturated heterocycles. The van der Waals surface area contributed by atoms with Crippen LogP contribution >= 0.6 is 0 Å². The Morgan fingerprint density at radius 2 is 2.05 bits per heavy atom. The summed E-state index contributed by atoms with van der Waals surface area (Å²) >= 11 is 0. The number of ether oxygens (including phenoxy) is 2. The second-order valence-corrected chi connectivity index (χ2v) is 6.10. The van der Waals surface area contributed by atoms with Crippen LogP contribution in [0.2, 0.25) is 0 Å². The second-order valence-electron chi connectivity index (χ2n) is 6.10. The van der Waals surface area contributed by atoms with E-state index in [1.54, 1.807) is 13.2 Å². The third-order valence-electron chi connectivity index (χ3n) is 4.68. The molecule has 0 radical (unpaired) electrons. The van der Waals surface area contributed by atoms with Gasteiger partial charge in [0.2, 0.25) is 0 Å². The Hall–Kier alpha value is -2.03. The number of carbonyl (C=O) groups excluding carboxylic acids is 1. The van der Waals surface area contributed by atoms with E-state index in [0.29, 0.717) is 12.5 Å². The molecule has 2 aliphatic carbocycles. The zero-order valence-corrected chi connectivity index (χ0v) is 12.9. The van der Waals surface area contributed by atoms with E-state index in [1.165, 1.54) is 18.9 Å². The molecule has 116 valence electrons. The van der Waals surface area contributed by atoms with Gasteiger partial charge in [0.1, 0.15) is 5.75 Å². The number of fused-ring (bicyclic) bond motifs is 2. The van der Waals surface area contributed by atoms with Crippen LogP contribution in [0, 0.1) is 17.8 Å². The fraction of sp³-hybridized carbons (Fsp3) is 0.421. The van der Waals surface area contributed by atoms with Crippen LogP contribution in [0.15, 0.2) is 42.5 Å². The second kappa shape index (κ2) is 6.82. The molecular weight excluding hydrogens is 276 g/mol. The van der Waals surface area contributed by atoms with Gasteiger partial charge in [0, 0.05) is 6.08 Å². The van der Waals surface area contributed by atoms with Gasteiger partial charge in [-0.1, -0.05) is 24.3 Å². The van der Waals surface area contributed by atoms with Crippen molar-refractivity contribution in [2.45, 2.75) is 19.3 Å². The minimum absolute atomic E-state index is 0.269. The lowest BCUT2D eigenvalue weighted by Crippen LogP contribution is -2.12. The smallest absolute Gasteiger partial charge is 0.330 e. The predicted octanol–water partition coefficient (Wildman–Crippen LogP) is 3.85. The van der Waals surface area contributed by atoms with E-state index < -0.39 is 0 Å². The van der Waals surface area contributed by atoms with Crippen molar-refractivity contribution >= 4 is 12.0 Å². The number of methoxy groups -OCH3 is 1. The number of hydrogen-bond acceptors (Lipinski definition) is 3. The highest BCUT2D eigenvalue weighted by Crippen LogP contribution is 2.44. The Kier molecular flexibility index (Phi) is 4.62. The Morgan fingerprint density at radius 1 is 1.23 bits per heavy atom. The SMILES string of the molecule is COc1ccc(C=CC(=O)OCCC2CC3C=CC2C3)cc1. The highest BCUT2D eigenvalue weighted by molar-refractivity contribution is 5.87. The Labute approximate surface area is 131 Å². The van der Waals surface area contributed by atoms with Crippen molar-refractivity contribution in [3.8, 4) is 5.75 Å². The van der Waals surface area contributed by atoms with Crippen LogP contribution in [0.3, 0.4) is 0 Å². The molecule has 0 heterocycles.